The van der Waals surface area contributed by atoms with E-state index in [0.717, 1.165) is 30.8 Å². The number of thiophene rings is 1. The lowest BCUT2D eigenvalue weighted by Gasteiger charge is -2.32. The van der Waals surface area contributed by atoms with Crippen LogP contribution in [0.5, 0.6) is 0 Å². The summed E-state index contributed by atoms with van der Waals surface area (Å²) in [6.45, 7) is 3.63. The molecule has 0 unspecified atom stereocenters. The summed E-state index contributed by atoms with van der Waals surface area (Å²) in [7, 11) is 0. The molecule has 0 saturated carbocycles. The predicted octanol–water partition coefficient (Wildman–Crippen LogP) is 3.31. The van der Waals surface area contributed by atoms with Gasteiger partial charge in [-0.25, -0.2) is 0 Å². The van der Waals surface area contributed by atoms with Crippen molar-refractivity contribution in [3.8, 4) is 6.07 Å². The quantitative estimate of drug-likeness (QED) is 0.930. The van der Waals surface area contributed by atoms with Crippen LogP contribution in [0.3, 0.4) is 0 Å². The molecule has 1 amide bonds. The van der Waals surface area contributed by atoms with Gasteiger partial charge in [-0.05, 0) is 57.6 Å². The number of likely N-dealkylation sites (tertiary alicyclic amines) is 1. The van der Waals surface area contributed by atoms with E-state index in [4.69, 9.17) is 0 Å². The van der Waals surface area contributed by atoms with Gasteiger partial charge in [-0.15, -0.1) is 11.3 Å². The third-order valence-electron chi connectivity index (χ3n) is 4.82. The molecule has 0 bridgehead atoms. The van der Waals surface area contributed by atoms with E-state index in [2.05, 4.69) is 23.2 Å². The lowest BCUT2D eigenvalue weighted by atomic mass is 9.96. The fraction of sp³-hybridized carbons (Fsp3) is 0.647. The zero-order valence-electron chi connectivity index (χ0n) is 13.2. The van der Waals surface area contributed by atoms with Crippen LogP contribution in [0.25, 0.3) is 0 Å². The van der Waals surface area contributed by atoms with E-state index >= 15 is 0 Å². The number of anilines is 1. The number of fused-ring (bicyclic) bond motifs is 1. The number of nitrogens with zero attached hydrogens (tertiary/aromatic N) is 2. The Morgan fingerprint density at radius 1 is 1.36 bits per heavy atom. The number of carbonyl (C=O) groups excluding carboxylic acids is 1. The normalized spacial score (nSPS) is 21.9. The van der Waals surface area contributed by atoms with Crippen LogP contribution in [0.1, 0.15) is 55.0 Å². The minimum absolute atomic E-state index is 0.0175. The van der Waals surface area contributed by atoms with Crippen LogP contribution in [-0.4, -0.2) is 29.9 Å². The van der Waals surface area contributed by atoms with Crippen molar-refractivity contribution < 1.29 is 4.79 Å². The molecule has 118 valence electrons. The molecule has 0 spiro atoms. The number of aryl methyl sites for hydroxylation is 1. The Balaban J connectivity index is 1.69. The van der Waals surface area contributed by atoms with E-state index in [0.29, 0.717) is 18.2 Å². The van der Waals surface area contributed by atoms with E-state index < -0.39 is 0 Å². The number of nitrogens with one attached hydrogen (secondary N) is 1. The van der Waals surface area contributed by atoms with Gasteiger partial charge in [0.2, 0.25) is 5.91 Å². The van der Waals surface area contributed by atoms with E-state index in [-0.39, 0.29) is 5.91 Å². The molecule has 0 radical (unpaired) electrons. The lowest BCUT2D eigenvalue weighted by molar-refractivity contribution is -0.118. The maximum absolute atomic E-state index is 12.4. The molecule has 1 aromatic heterocycles. The summed E-state index contributed by atoms with van der Waals surface area (Å²) in [5.41, 5.74) is 1.89. The first kappa shape index (κ1) is 15.5. The molecule has 3 rings (SSSR count). The van der Waals surface area contributed by atoms with Gasteiger partial charge in [0.15, 0.2) is 0 Å². The van der Waals surface area contributed by atoms with Crippen LogP contribution in [0.4, 0.5) is 5.00 Å². The van der Waals surface area contributed by atoms with Gasteiger partial charge >= 0.3 is 0 Å². The van der Waals surface area contributed by atoms with Gasteiger partial charge in [0.1, 0.15) is 11.1 Å². The largest absolute Gasteiger partial charge is 0.315 e. The Labute approximate surface area is 136 Å². The lowest BCUT2D eigenvalue weighted by Crippen LogP contribution is -2.42. The van der Waals surface area contributed by atoms with Crippen molar-refractivity contribution >= 4 is 22.2 Å². The first-order chi connectivity index (χ1) is 10.7. The summed E-state index contributed by atoms with van der Waals surface area (Å²) < 4.78 is 0. The molecule has 22 heavy (non-hydrogen) atoms. The third-order valence-corrected chi connectivity index (χ3v) is 6.03. The van der Waals surface area contributed by atoms with Gasteiger partial charge in [-0.3, -0.25) is 9.69 Å². The summed E-state index contributed by atoms with van der Waals surface area (Å²) in [5, 5.41) is 13.2. The SMILES string of the molecule is C[C@H]1CCCCN1CC(=O)Nc1sc2c(c1C#N)CCCC2. The van der Waals surface area contributed by atoms with Gasteiger partial charge in [0.05, 0.1) is 12.1 Å². The average Bonchev–Trinajstić information content (AvgIpc) is 2.86. The third kappa shape index (κ3) is 3.18. The molecule has 1 aromatic rings. The molecular formula is C17H23N3OS. The van der Waals surface area contributed by atoms with Gasteiger partial charge < -0.3 is 5.32 Å². The molecule has 1 saturated heterocycles. The molecule has 5 heteroatoms. The van der Waals surface area contributed by atoms with Gasteiger partial charge in [0, 0.05) is 10.9 Å². The van der Waals surface area contributed by atoms with E-state index in [9.17, 15) is 10.1 Å². The highest BCUT2D eigenvalue weighted by atomic mass is 32.1. The van der Waals surface area contributed by atoms with Crippen LogP contribution in [0, 0.1) is 11.3 Å². The Hall–Kier alpha value is -1.38. The van der Waals surface area contributed by atoms with Crippen molar-refractivity contribution in [1.82, 2.24) is 4.90 Å². The number of amides is 1. The molecule has 1 fully saturated rings. The molecule has 0 aromatic carbocycles. The maximum atomic E-state index is 12.4. The van der Waals surface area contributed by atoms with E-state index in [1.54, 1.807) is 11.3 Å². The molecule has 4 nitrogen and oxygen atoms in total. The highest BCUT2D eigenvalue weighted by Gasteiger charge is 2.24. The van der Waals surface area contributed by atoms with E-state index in [1.807, 2.05) is 0 Å². The van der Waals surface area contributed by atoms with Gasteiger partial charge in [-0.2, -0.15) is 5.26 Å². The second-order valence-electron chi connectivity index (χ2n) is 6.39. The van der Waals surface area contributed by atoms with Crippen molar-refractivity contribution in [2.75, 3.05) is 18.4 Å². The Morgan fingerprint density at radius 2 is 2.18 bits per heavy atom. The average molecular weight is 317 g/mol. The summed E-state index contributed by atoms with van der Waals surface area (Å²) in [4.78, 5) is 15.9. The molecule has 1 aliphatic carbocycles. The maximum Gasteiger partial charge on any atom is 0.239 e. The molecule has 1 aliphatic heterocycles. The monoisotopic (exact) mass is 317 g/mol. The molecule has 2 aliphatic rings. The minimum Gasteiger partial charge on any atom is -0.315 e. The van der Waals surface area contributed by atoms with Crippen molar-refractivity contribution in [1.29, 1.82) is 5.26 Å². The zero-order chi connectivity index (χ0) is 15.5. The van der Waals surface area contributed by atoms with Crippen LogP contribution < -0.4 is 5.32 Å². The summed E-state index contributed by atoms with van der Waals surface area (Å²) in [5.74, 6) is 0.0175. The second kappa shape index (κ2) is 6.80. The second-order valence-corrected chi connectivity index (χ2v) is 7.50. The first-order valence-electron chi connectivity index (χ1n) is 8.27. The highest BCUT2D eigenvalue weighted by Crippen LogP contribution is 2.37. The van der Waals surface area contributed by atoms with Crippen LogP contribution in [-0.2, 0) is 17.6 Å². The summed E-state index contributed by atoms with van der Waals surface area (Å²) >= 11 is 1.60. The highest BCUT2D eigenvalue weighted by molar-refractivity contribution is 7.16. The number of hydrogen-bond donors (Lipinski definition) is 1. The molecule has 1 N–H and O–H groups in total. The fourth-order valence-corrected chi connectivity index (χ4v) is 4.77. The predicted molar refractivity (Wildman–Crippen MR) is 89.2 cm³/mol. The van der Waals surface area contributed by atoms with Crippen LogP contribution in [0.2, 0.25) is 0 Å². The van der Waals surface area contributed by atoms with Crippen LogP contribution in [0.15, 0.2) is 0 Å². The van der Waals surface area contributed by atoms with Gasteiger partial charge in [0.25, 0.3) is 0 Å². The number of carbonyl (C=O) groups is 1. The number of nitriles is 1. The Morgan fingerprint density at radius 3 is 2.95 bits per heavy atom. The summed E-state index contributed by atoms with van der Waals surface area (Å²) in [6.07, 6.45) is 7.98. The first-order valence-corrected chi connectivity index (χ1v) is 9.09. The van der Waals surface area contributed by atoms with Crippen molar-refractivity contribution in [2.24, 2.45) is 0 Å². The van der Waals surface area contributed by atoms with Crippen molar-refractivity contribution in [2.45, 2.75) is 57.9 Å². The van der Waals surface area contributed by atoms with Crippen molar-refractivity contribution in [3.05, 3.63) is 16.0 Å². The minimum atomic E-state index is 0.0175. The smallest absolute Gasteiger partial charge is 0.239 e. The molecule has 2 heterocycles. The standard InChI is InChI=1S/C17H23N3OS/c1-12-6-4-5-9-20(12)11-16(21)19-17-14(10-18)13-7-2-3-8-15(13)22-17/h12H,2-9,11H2,1H3,(H,19,21)/t12-/m0/s1. The topological polar surface area (TPSA) is 56.1 Å². The Kier molecular flexibility index (Phi) is 4.80. The summed E-state index contributed by atoms with van der Waals surface area (Å²) in [6, 6.07) is 2.78. The molecule has 1 atom stereocenters. The van der Waals surface area contributed by atoms with E-state index in [1.165, 1.54) is 36.1 Å². The van der Waals surface area contributed by atoms with Gasteiger partial charge in [-0.1, -0.05) is 6.42 Å². The fourth-order valence-electron chi connectivity index (χ4n) is 3.52. The number of piperidine rings is 1. The van der Waals surface area contributed by atoms with Crippen LogP contribution >= 0.6 is 11.3 Å². The van der Waals surface area contributed by atoms with Crippen molar-refractivity contribution in [3.63, 3.8) is 0 Å². The Bertz CT molecular complexity index is 602. The number of hydrogen-bond acceptors (Lipinski definition) is 4. The molecular weight excluding hydrogens is 294 g/mol. The number of rotatable bonds is 3. The zero-order valence-corrected chi connectivity index (χ0v) is 14.0.